The molecule has 15 rings (SSSR count). The molecule has 0 atom stereocenters. The molecule has 0 fully saturated rings. The number of thiophene rings is 1. The lowest BCUT2D eigenvalue weighted by Gasteiger charge is -2.34. The molecule has 0 bridgehead atoms. The highest BCUT2D eigenvalue weighted by Crippen LogP contribution is 2.48. The molecule has 6 heteroatoms. The highest BCUT2D eigenvalue weighted by atomic mass is 32.1. The molecule has 13 aromatic rings. The third kappa shape index (κ3) is 5.24. The van der Waals surface area contributed by atoms with Gasteiger partial charge in [-0.25, -0.2) is 0 Å². The Bertz CT molecular complexity index is 4190. The molecule has 3 aromatic heterocycles. The van der Waals surface area contributed by atoms with Gasteiger partial charge in [-0.05, 0) is 82.1 Å². The van der Waals surface area contributed by atoms with Crippen molar-refractivity contribution in [1.82, 2.24) is 9.13 Å². The number of aromatic nitrogens is 2. The topological polar surface area (TPSA) is 28.3 Å². The maximum atomic E-state index is 7.27. The monoisotopic (exact) mass is 872 g/mol. The van der Waals surface area contributed by atoms with E-state index in [1.165, 1.54) is 69.4 Å². The van der Waals surface area contributed by atoms with Crippen LogP contribution in [-0.2, 0) is 0 Å². The van der Waals surface area contributed by atoms with E-state index in [-0.39, 0.29) is 6.71 Å². The first-order valence-electron chi connectivity index (χ1n) is 22.9. The van der Waals surface area contributed by atoms with Gasteiger partial charge in [-0.1, -0.05) is 152 Å². The van der Waals surface area contributed by atoms with E-state index in [4.69, 9.17) is 9.47 Å². The SMILES string of the molecule is Cc1cc2c3ccccc3n(-c3ccc4c(c3)Oc3cc(-n5c6ccccc6c6ccccc65)cc5c3B4c3ccc(-c4ccccc4)cc3O5)c2c2sc3c(-c4ccccc4)cccc3c12. The first-order chi connectivity index (χ1) is 33.1. The van der Waals surface area contributed by atoms with E-state index in [9.17, 15) is 0 Å². The van der Waals surface area contributed by atoms with Crippen LogP contribution in [0.3, 0.4) is 0 Å². The highest BCUT2D eigenvalue weighted by Gasteiger charge is 2.41. The summed E-state index contributed by atoms with van der Waals surface area (Å²) < 4.78 is 21.8. The Hall–Kier alpha value is -8.32. The summed E-state index contributed by atoms with van der Waals surface area (Å²) in [5.74, 6) is 3.32. The summed E-state index contributed by atoms with van der Waals surface area (Å²) in [6, 6.07) is 74.7. The maximum absolute atomic E-state index is 7.27. The van der Waals surface area contributed by atoms with Crippen molar-refractivity contribution >= 4 is 98.2 Å². The van der Waals surface area contributed by atoms with E-state index < -0.39 is 0 Å². The van der Waals surface area contributed by atoms with Gasteiger partial charge in [-0.15, -0.1) is 11.3 Å². The molecule has 10 aromatic carbocycles. The van der Waals surface area contributed by atoms with Crippen LogP contribution >= 0.6 is 11.3 Å². The van der Waals surface area contributed by atoms with Crippen molar-refractivity contribution in [3.05, 3.63) is 212 Å². The number of para-hydroxylation sites is 3. The van der Waals surface area contributed by atoms with Crippen molar-refractivity contribution in [3.8, 4) is 56.6 Å². The van der Waals surface area contributed by atoms with E-state index >= 15 is 0 Å². The summed E-state index contributed by atoms with van der Waals surface area (Å²) in [7, 11) is 0. The molecule has 0 radical (unpaired) electrons. The van der Waals surface area contributed by atoms with E-state index in [2.05, 4.69) is 222 Å². The molecular weight excluding hydrogens is 836 g/mol. The molecule has 0 saturated heterocycles. The van der Waals surface area contributed by atoms with Gasteiger partial charge in [0.2, 0.25) is 0 Å². The molecule has 0 N–H and O–H groups in total. The largest absolute Gasteiger partial charge is 0.458 e. The summed E-state index contributed by atoms with van der Waals surface area (Å²) in [6.45, 7) is 2.17. The van der Waals surface area contributed by atoms with Crippen molar-refractivity contribution in [2.45, 2.75) is 6.92 Å². The predicted molar refractivity (Wildman–Crippen MR) is 281 cm³/mol. The number of fused-ring (bicyclic) bond motifs is 14. The fraction of sp³-hybridized carbons (Fsp3) is 0.0164. The van der Waals surface area contributed by atoms with E-state index in [0.717, 1.165) is 72.9 Å². The quantitative estimate of drug-likeness (QED) is 0.165. The molecule has 2 aliphatic heterocycles. The molecular formula is C61H37BN2O2S. The number of hydrogen-bond donors (Lipinski definition) is 0. The van der Waals surface area contributed by atoms with Crippen LogP contribution in [0.25, 0.3) is 97.4 Å². The molecule has 0 amide bonds. The number of aryl methyl sites for hydroxylation is 1. The average molecular weight is 873 g/mol. The molecule has 5 heterocycles. The second kappa shape index (κ2) is 13.8. The third-order valence-electron chi connectivity index (χ3n) is 14.3. The summed E-state index contributed by atoms with van der Waals surface area (Å²) in [5.41, 5.74) is 16.1. The minimum absolute atomic E-state index is 0.102. The standard InChI is InChI=1S/C61H37BN2O2S/c1-36-31-47-45-21-10-13-26-52(45)64(59(47)61-57(36)46-23-14-22-42(60(46)67-61)38-17-6-3-7-18-38)40-28-30-49-54(33-40)66-56-35-41(63-50-24-11-8-19-43(50)44-20-9-12-25-51(44)63)34-55-58(56)62(49)48-29-27-39(32-53(48)65-55)37-15-4-2-5-16-37/h2-35H,1H3. The molecule has 0 spiro atoms. The van der Waals surface area contributed by atoms with Crippen molar-refractivity contribution in [2.75, 3.05) is 0 Å². The number of rotatable bonds is 4. The summed E-state index contributed by atoms with van der Waals surface area (Å²) in [4.78, 5) is 0. The Labute approximate surface area is 390 Å². The Morgan fingerprint density at radius 2 is 0.955 bits per heavy atom. The van der Waals surface area contributed by atoms with Crippen LogP contribution in [0, 0.1) is 6.92 Å². The van der Waals surface area contributed by atoms with Gasteiger partial charge in [0.25, 0.3) is 6.71 Å². The molecule has 0 saturated carbocycles. The minimum Gasteiger partial charge on any atom is -0.458 e. The van der Waals surface area contributed by atoms with E-state index in [1.807, 2.05) is 11.3 Å². The second-order valence-electron chi connectivity index (χ2n) is 18.0. The van der Waals surface area contributed by atoms with Crippen molar-refractivity contribution < 1.29 is 9.47 Å². The minimum atomic E-state index is -0.102. The van der Waals surface area contributed by atoms with Gasteiger partial charge in [-0.2, -0.15) is 0 Å². The zero-order valence-electron chi connectivity index (χ0n) is 36.3. The van der Waals surface area contributed by atoms with Gasteiger partial charge in [0, 0.05) is 66.4 Å². The van der Waals surface area contributed by atoms with Crippen LogP contribution < -0.4 is 25.9 Å². The van der Waals surface area contributed by atoms with Gasteiger partial charge in [-0.3, -0.25) is 0 Å². The number of ether oxygens (including phenoxy) is 2. The molecule has 2 aliphatic rings. The van der Waals surface area contributed by atoms with Crippen molar-refractivity contribution in [3.63, 3.8) is 0 Å². The number of benzene rings is 10. The van der Waals surface area contributed by atoms with Gasteiger partial charge < -0.3 is 18.6 Å². The lowest BCUT2D eigenvalue weighted by molar-refractivity contribution is 0.464. The van der Waals surface area contributed by atoms with Gasteiger partial charge in [0.05, 0.1) is 32.5 Å². The van der Waals surface area contributed by atoms with Crippen LogP contribution in [0.5, 0.6) is 23.0 Å². The molecule has 0 unspecified atom stereocenters. The number of nitrogens with zero attached hydrogens (tertiary/aromatic N) is 2. The lowest BCUT2D eigenvalue weighted by Crippen LogP contribution is -2.57. The highest BCUT2D eigenvalue weighted by molar-refractivity contribution is 7.27. The molecule has 312 valence electrons. The second-order valence-corrected chi connectivity index (χ2v) is 19.0. The first-order valence-corrected chi connectivity index (χ1v) is 23.8. The maximum Gasteiger partial charge on any atom is 0.260 e. The number of hydrogen-bond acceptors (Lipinski definition) is 3. The zero-order chi connectivity index (χ0) is 43.9. The van der Waals surface area contributed by atoms with Crippen molar-refractivity contribution in [2.24, 2.45) is 0 Å². The summed E-state index contributed by atoms with van der Waals surface area (Å²) in [6.07, 6.45) is 0. The van der Waals surface area contributed by atoms with E-state index in [1.54, 1.807) is 0 Å². The van der Waals surface area contributed by atoms with E-state index in [0.29, 0.717) is 0 Å². The first kappa shape index (κ1) is 37.0. The fourth-order valence-corrected chi connectivity index (χ4v) is 12.9. The van der Waals surface area contributed by atoms with Crippen LogP contribution in [0.4, 0.5) is 0 Å². The Morgan fingerprint density at radius 3 is 1.64 bits per heavy atom. The Morgan fingerprint density at radius 1 is 0.403 bits per heavy atom. The zero-order valence-corrected chi connectivity index (χ0v) is 37.1. The average Bonchev–Trinajstić information content (AvgIpc) is 4.05. The van der Waals surface area contributed by atoms with Crippen LogP contribution in [0.2, 0.25) is 0 Å². The summed E-state index contributed by atoms with van der Waals surface area (Å²) >= 11 is 1.91. The molecule has 0 aliphatic carbocycles. The normalized spacial score (nSPS) is 12.8. The van der Waals surface area contributed by atoms with Gasteiger partial charge in [0.15, 0.2) is 0 Å². The van der Waals surface area contributed by atoms with Crippen molar-refractivity contribution in [1.29, 1.82) is 0 Å². The molecule has 67 heavy (non-hydrogen) atoms. The van der Waals surface area contributed by atoms with Gasteiger partial charge >= 0.3 is 0 Å². The Kier molecular flexibility index (Phi) is 7.64. The molecule has 4 nitrogen and oxygen atoms in total. The predicted octanol–water partition coefficient (Wildman–Crippen LogP) is 14.6. The third-order valence-corrected chi connectivity index (χ3v) is 15.6. The summed E-state index contributed by atoms with van der Waals surface area (Å²) in [5, 5.41) is 7.53. The Balaban J connectivity index is 0.975. The van der Waals surface area contributed by atoms with Crippen LogP contribution in [-0.4, -0.2) is 15.8 Å². The van der Waals surface area contributed by atoms with Crippen LogP contribution in [0.15, 0.2) is 206 Å². The smallest absolute Gasteiger partial charge is 0.260 e. The fourth-order valence-electron chi connectivity index (χ4n) is 11.5. The van der Waals surface area contributed by atoms with Gasteiger partial charge in [0.1, 0.15) is 23.0 Å². The lowest BCUT2D eigenvalue weighted by atomic mass is 9.35. The van der Waals surface area contributed by atoms with Crippen LogP contribution in [0.1, 0.15) is 5.56 Å².